The summed E-state index contributed by atoms with van der Waals surface area (Å²) in [6, 6.07) is 7.21. The summed E-state index contributed by atoms with van der Waals surface area (Å²) < 4.78 is 1.22. The first kappa shape index (κ1) is 15.8. The molecule has 2 nitrogen and oxygen atoms in total. The molecule has 1 aromatic rings. The van der Waals surface area contributed by atoms with Crippen LogP contribution >= 0.6 is 15.9 Å². The minimum absolute atomic E-state index is 0.392. The van der Waals surface area contributed by atoms with E-state index in [-0.39, 0.29) is 0 Å². The fraction of sp³-hybridized carbons (Fsp3) is 0.647. The molecular formula is C17H27BrN2. The highest BCUT2D eigenvalue weighted by molar-refractivity contribution is 9.10. The lowest BCUT2D eigenvalue weighted by Gasteiger charge is -2.37. The van der Waals surface area contributed by atoms with E-state index in [1.54, 1.807) is 0 Å². The summed E-state index contributed by atoms with van der Waals surface area (Å²) in [7, 11) is 0. The van der Waals surface area contributed by atoms with Crippen LogP contribution in [0.2, 0.25) is 0 Å². The van der Waals surface area contributed by atoms with E-state index < -0.39 is 0 Å². The van der Waals surface area contributed by atoms with Crippen molar-refractivity contribution in [1.29, 1.82) is 0 Å². The predicted molar refractivity (Wildman–Crippen MR) is 91.4 cm³/mol. The third kappa shape index (κ3) is 3.56. The summed E-state index contributed by atoms with van der Waals surface area (Å²) in [5.41, 5.74) is 2.69. The van der Waals surface area contributed by atoms with Gasteiger partial charge in [-0.05, 0) is 49.4 Å². The molecule has 3 atom stereocenters. The van der Waals surface area contributed by atoms with Crippen molar-refractivity contribution >= 4 is 21.6 Å². The zero-order valence-corrected chi connectivity index (χ0v) is 14.7. The molecule has 3 heteroatoms. The van der Waals surface area contributed by atoms with Gasteiger partial charge < -0.3 is 10.2 Å². The Labute approximate surface area is 132 Å². The lowest BCUT2D eigenvalue weighted by atomic mass is 9.88. The van der Waals surface area contributed by atoms with E-state index in [1.165, 1.54) is 35.2 Å². The first-order chi connectivity index (χ1) is 9.52. The molecule has 1 fully saturated rings. The van der Waals surface area contributed by atoms with Crippen LogP contribution in [0.3, 0.4) is 0 Å². The van der Waals surface area contributed by atoms with Crippen LogP contribution < -0.4 is 10.2 Å². The molecule has 1 aliphatic heterocycles. The molecule has 0 radical (unpaired) electrons. The number of halogens is 1. The van der Waals surface area contributed by atoms with Gasteiger partial charge in [-0.15, -0.1) is 0 Å². The summed E-state index contributed by atoms with van der Waals surface area (Å²) in [5, 5.41) is 3.47. The number of benzene rings is 1. The molecule has 0 aromatic heterocycles. The molecular weight excluding hydrogens is 312 g/mol. The van der Waals surface area contributed by atoms with Crippen molar-refractivity contribution in [1.82, 2.24) is 5.32 Å². The van der Waals surface area contributed by atoms with E-state index in [2.05, 4.69) is 72.0 Å². The molecule has 0 amide bonds. The van der Waals surface area contributed by atoms with Crippen molar-refractivity contribution in [2.75, 3.05) is 24.5 Å². The van der Waals surface area contributed by atoms with Gasteiger partial charge in [-0.2, -0.15) is 0 Å². The second-order valence-corrected chi connectivity index (χ2v) is 7.03. The highest BCUT2D eigenvalue weighted by Gasteiger charge is 2.23. The van der Waals surface area contributed by atoms with Gasteiger partial charge in [-0.25, -0.2) is 0 Å². The monoisotopic (exact) mass is 338 g/mol. The first-order valence-corrected chi connectivity index (χ1v) is 8.60. The molecule has 3 unspecified atom stereocenters. The van der Waals surface area contributed by atoms with Crippen LogP contribution in [0.5, 0.6) is 0 Å². The summed E-state index contributed by atoms with van der Waals surface area (Å²) >= 11 is 3.74. The van der Waals surface area contributed by atoms with Gasteiger partial charge in [0, 0.05) is 29.3 Å². The molecule has 1 saturated heterocycles. The van der Waals surface area contributed by atoms with Crippen molar-refractivity contribution in [2.45, 2.75) is 40.2 Å². The fourth-order valence-corrected chi connectivity index (χ4v) is 3.69. The van der Waals surface area contributed by atoms with Gasteiger partial charge >= 0.3 is 0 Å². The zero-order valence-electron chi connectivity index (χ0n) is 13.1. The maximum Gasteiger partial charge on any atom is 0.0377 e. The van der Waals surface area contributed by atoms with Gasteiger partial charge in [0.05, 0.1) is 0 Å². The Kier molecular flexibility index (Phi) is 5.50. The quantitative estimate of drug-likeness (QED) is 0.862. The van der Waals surface area contributed by atoms with Gasteiger partial charge in [0.25, 0.3) is 0 Å². The molecule has 0 spiro atoms. The number of rotatable bonds is 4. The maximum absolute atomic E-state index is 3.74. The van der Waals surface area contributed by atoms with Crippen LogP contribution in [0.15, 0.2) is 22.7 Å². The third-order valence-electron chi connectivity index (χ3n) is 4.66. The van der Waals surface area contributed by atoms with Crippen molar-refractivity contribution in [2.24, 2.45) is 11.8 Å². The standard InChI is InChI=1S/C17H27BrN2/c1-5-19-14(4)16-7-6-15(10-17(16)18)20-9-8-12(2)13(3)11-20/h6-7,10,12-14,19H,5,8-9,11H2,1-4H3. The molecule has 20 heavy (non-hydrogen) atoms. The Morgan fingerprint density at radius 3 is 2.70 bits per heavy atom. The molecule has 0 aliphatic carbocycles. The lowest BCUT2D eigenvalue weighted by molar-refractivity contribution is 0.324. The summed E-state index contributed by atoms with van der Waals surface area (Å²) in [5.74, 6) is 1.63. The number of hydrogen-bond donors (Lipinski definition) is 1. The van der Waals surface area contributed by atoms with E-state index >= 15 is 0 Å². The zero-order chi connectivity index (χ0) is 14.7. The van der Waals surface area contributed by atoms with Gasteiger partial charge in [0.15, 0.2) is 0 Å². The van der Waals surface area contributed by atoms with Crippen molar-refractivity contribution in [3.63, 3.8) is 0 Å². The van der Waals surface area contributed by atoms with Gasteiger partial charge in [0.2, 0.25) is 0 Å². The van der Waals surface area contributed by atoms with Crippen LogP contribution in [0.25, 0.3) is 0 Å². The van der Waals surface area contributed by atoms with Gasteiger partial charge in [-0.1, -0.05) is 42.8 Å². The minimum Gasteiger partial charge on any atom is -0.371 e. The van der Waals surface area contributed by atoms with Gasteiger partial charge in [-0.3, -0.25) is 0 Å². The maximum atomic E-state index is 3.74. The van der Waals surface area contributed by atoms with Crippen LogP contribution in [0.1, 0.15) is 45.7 Å². The molecule has 112 valence electrons. The number of hydrogen-bond acceptors (Lipinski definition) is 2. The van der Waals surface area contributed by atoms with E-state index in [4.69, 9.17) is 0 Å². The fourth-order valence-electron chi connectivity index (χ4n) is 2.98. The van der Waals surface area contributed by atoms with Crippen molar-refractivity contribution in [3.8, 4) is 0 Å². The molecule has 2 rings (SSSR count). The number of anilines is 1. The van der Waals surface area contributed by atoms with E-state index in [0.717, 1.165) is 18.4 Å². The molecule has 1 N–H and O–H groups in total. The Balaban J connectivity index is 2.13. The molecule has 1 aromatic carbocycles. The number of piperidine rings is 1. The second-order valence-electron chi connectivity index (χ2n) is 6.17. The Bertz CT molecular complexity index is 447. The van der Waals surface area contributed by atoms with E-state index in [1.807, 2.05) is 0 Å². The largest absolute Gasteiger partial charge is 0.371 e. The van der Waals surface area contributed by atoms with Crippen LogP contribution in [0, 0.1) is 11.8 Å². The van der Waals surface area contributed by atoms with Crippen molar-refractivity contribution < 1.29 is 0 Å². The van der Waals surface area contributed by atoms with Crippen molar-refractivity contribution in [3.05, 3.63) is 28.2 Å². The molecule has 1 heterocycles. The smallest absolute Gasteiger partial charge is 0.0377 e. The minimum atomic E-state index is 0.392. The summed E-state index contributed by atoms with van der Waals surface area (Å²) in [6.07, 6.45) is 1.30. The average Bonchev–Trinajstić information content (AvgIpc) is 2.42. The molecule has 1 aliphatic rings. The highest BCUT2D eigenvalue weighted by Crippen LogP contribution is 2.31. The van der Waals surface area contributed by atoms with E-state index in [9.17, 15) is 0 Å². The lowest BCUT2D eigenvalue weighted by Crippen LogP contribution is -2.38. The first-order valence-electron chi connectivity index (χ1n) is 7.80. The SMILES string of the molecule is CCNC(C)c1ccc(N2CCC(C)C(C)C2)cc1Br. The van der Waals surface area contributed by atoms with Crippen LogP contribution in [0.4, 0.5) is 5.69 Å². The molecule has 0 saturated carbocycles. The predicted octanol–water partition coefficient (Wildman–Crippen LogP) is 4.60. The average molecular weight is 339 g/mol. The summed E-state index contributed by atoms with van der Waals surface area (Å²) in [6.45, 7) is 12.5. The number of nitrogens with zero attached hydrogens (tertiary/aromatic N) is 1. The number of nitrogens with one attached hydrogen (secondary N) is 1. The van der Waals surface area contributed by atoms with E-state index in [0.29, 0.717) is 6.04 Å². The van der Waals surface area contributed by atoms with Crippen LogP contribution in [-0.4, -0.2) is 19.6 Å². The Morgan fingerprint density at radius 2 is 2.10 bits per heavy atom. The normalized spacial score (nSPS) is 24.8. The Hall–Kier alpha value is -0.540. The molecule has 0 bridgehead atoms. The Morgan fingerprint density at radius 1 is 1.35 bits per heavy atom. The van der Waals surface area contributed by atoms with Gasteiger partial charge in [0.1, 0.15) is 0 Å². The highest BCUT2D eigenvalue weighted by atomic mass is 79.9. The topological polar surface area (TPSA) is 15.3 Å². The summed E-state index contributed by atoms with van der Waals surface area (Å²) in [4.78, 5) is 2.52. The third-order valence-corrected chi connectivity index (χ3v) is 5.35. The van der Waals surface area contributed by atoms with Crippen LogP contribution in [-0.2, 0) is 0 Å². The second kappa shape index (κ2) is 6.95.